The van der Waals surface area contributed by atoms with Crippen LogP contribution in [-0.4, -0.2) is 12.6 Å². The van der Waals surface area contributed by atoms with Gasteiger partial charge in [-0.1, -0.05) is 0 Å². The molecule has 1 rings (SSSR count). The molecule has 1 fully saturated rings. The minimum absolute atomic E-state index is 0.380. The third-order valence-electron chi connectivity index (χ3n) is 0.789. The van der Waals surface area contributed by atoms with E-state index >= 15 is 0 Å². The van der Waals surface area contributed by atoms with Gasteiger partial charge in [0.1, 0.15) is 6.73 Å². The van der Waals surface area contributed by atoms with Crippen molar-refractivity contribution < 1.29 is 4.74 Å². The lowest BCUT2D eigenvalue weighted by molar-refractivity contribution is 0.176. The normalized spacial score (nSPS) is 34.5. The van der Waals surface area contributed by atoms with Crippen LogP contribution in [0.25, 0.3) is 0 Å². The van der Waals surface area contributed by atoms with Crippen molar-refractivity contribution in [2.75, 3.05) is 6.54 Å². The van der Waals surface area contributed by atoms with Gasteiger partial charge < -0.3 is 4.74 Å². The van der Waals surface area contributed by atoms with Crippen LogP contribution in [0.5, 0.6) is 0 Å². The Morgan fingerprint density at radius 2 is 2.83 bits per heavy atom. The maximum atomic E-state index is 4.92. The molecule has 0 aromatic heterocycles. The van der Waals surface area contributed by atoms with Gasteiger partial charge in [0.25, 0.3) is 0 Å². The highest BCUT2D eigenvalue weighted by molar-refractivity contribution is 4.65. The highest BCUT2D eigenvalue weighted by Gasteiger charge is 2.06. The standard InChI is InChI=1S/C4H8NO/c1-4-2-5-3-6-4/h3-5H,2H2,1H3. The Kier molecular flexibility index (Phi) is 1.08. The largest absolute Gasteiger partial charge is 0.355 e. The van der Waals surface area contributed by atoms with E-state index in [1.807, 2.05) is 6.92 Å². The summed E-state index contributed by atoms with van der Waals surface area (Å²) in [6, 6.07) is 0. The molecule has 0 bridgehead atoms. The summed E-state index contributed by atoms with van der Waals surface area (Å²) in [7, 11) is 0. The van der Waals surface area contributed by atoms with Gasteiger partial charge in [-0.15, -0.1) is 0 Å². The lowest BCUT2D eigenvalue weighted by Gasteiger charge is -1.92. The van der Waals surface area contributed by atoms with Gasteiger partial charge in [0.2, 0.25) is 0 Å². The molecule has 0 saturated carbocycles. The number of rotatable bonds is 0. The minimum Gasteiger partial charge on any atom is -0.355 e. The third kappa shape index (κ3) is 0.698. The smallest absolute Gasteiger partial charge is 0.148 e. The fourth-order valence-electron chi connectivity index (χ4n) is 0.426. The summed E-state index contributed by atoms with van der Waals surface area (Å²) in [6.45, 7) is 4.61. The van der Waals surface area contributed by atoms with Crippen LogP contribution < -0.4 is 5.32 Å². The topological polar surface area (TPSA) is 21.3 Å². The van der Waals surface area contributed by atoms with Gasteiger partial charge in [0, 0.05) is 6.54 Å². The number of nitrogens with one attached hydrogen (secondary N) is 1. The van der Waals surface area contributed by atoms with E-state index in [0.29, 0.717) is 6.10 Å². The molecule has 1 aliphatic heterocycles. The molecule has 0 aliphatic carbocycles. The molecule has 1 aliphatic rings. The van der Waals surface area contributed by atoms with Crippen molar-refractivity contribution in [1.82, 2.24) is 5.32 Å². The summed E-state index contributed by atoms with van der Waals surface area (Å²) in [5.41, 5.74) is 0. The molecule has 1 unspecified atom stereocenters. The van der Waals surface area contributed by atoms with E-state index in [1.165, 1.54) is 0 Å². The fourth-order valence-corrected chi connectivity index (χ4v) is 0.426. The summed E-state index contributed by atoms with van der Waals surface area (Å²) in [5.74, 6) is 0. The Bertz CT molecular complexity index is 40.8. The van der Waals surface area contributed by atoms with E-state index in [0.717, 1.165) is 6.54 Å². The molecule has 1 saturated heterocycles. The molecule has 0 amide bonds. The molecule has 0 aromatic rings. The summed E-state index contributed by atoms with van der Waals surface area (Å²) in [6.07, 6.45) is 0.380. The molecule has 1 radical (unpaired) electrons. The molecule has 1 atom stereocenters. The first-order valence-corrected chi connectivity index (χ1v) is 2.10. The predicted molar refractivity (Wildman–Crippen MR) is 22.8 cm³/mol. The molecule has 0 spiro atoms. The Hall–Kier alpha value is -0.0800. The van der Waals surface area contributed by atoms with E-state index in [4.69, 9.17) is 4.74 Å². The Morgan fingerprint density at radius 3 is 3.00 bits per heavy atom. The Balaban J connectivity index is 2.18. The summed E-state index contributed by atoms with van der Waals surface area (Å²) < 4.78 is 4.92. The highest BCUT2D eigenvalue weighted by atomic mass is 16.5. The highest BCUT2D eigenvalue weighted by Crippen LogP contribution is 1.95. The lowest BCUT2D eigenvalue weighted by Crippen LogP contribution is -2.08. The average Bonchev–Trinajstić information content (AvgIpc) is 1.86. The van der Waals surface area contributed by atoms with Crippen LogP contribution in [0.1, 0.15) is 6.92 Å². The van der Waals surface area contributed by atoms with Gasteiger partial charge in [-0.25, -0.2) is 0 Å². The molecule has 0 aromatic carbocycles. The van der Waals surface area contributed by atoms with E-state index < -0.39 is 0 Å². The molecule has 1 N–H and O–H groups in total. The summed E-state index contributed by atoms with van der Waals surface area (Å²) in [5, 5.41) is 2.92. The summed E-state index contributed by atoms with van der Waals surface area (Å²) >= 11 is 0. The van der Waals surface area contributed by atoms with Crippen molar-refractivity contribution in [2.24, 2.45) is 0 Å². The van der Waals surface area contributed by atoms with Crippen LogP contribution in [0.2, 0.25) is 0 Å². The van der Waals surface area contributed by atoms with Crippen LogP contribution >= 0.6 is 0 Å². The lowest BCUT2D eigenvalue weighted by atomic mass is 10.4. The number of hydrogen-bond donors (Lipinski definition) is 1. The predicted octanol–water partition coefficient (Wildman–Crippen LogP) is 0.114. The zero-order valence-electron chi connectivity index (χ0n) is 3.77. The van der Waals surface area contributed by atoms with Crippen LogP contribution in [0, 0.1) is 6.73 Å². The van der Waals surface area contributed by atoms with Crippen LogP contribution in [-0.2, 0) is 4.74 Å². The van der Waals surface area contributed by atoms with Crippen molar-refractivity contribution in [2.45, 2.75) is 13.0 Å². The fraction of sp³-hybridized carbons (Fsp3) is 0.750. The third-order valence-corrected chi connectivity index (χ3v) is 0.789. The number of hydrogen-bond acceptors (Lipinski definition) is 2. The van der Waals surface area contributed by atoms with Gasteiger partial charge in [-0.2, -0.15) is 0 Å². The van der Waals surface area contributed by atoms with Crippen molar-refractivity contribution in [3.05, 3.63) is 6.73 Å². The Labute approximate surface area is 37.5 Å². The summed E-state index contributed by atoms with van der Waals surface area (Å²) in [4.78, 5) is 0. The SMILES string of the molecule is CC1CN[CH]O1. The Morgan fingerprint density at radius 1 is 2.00 bits per heavy atom. The van der Waals surface area contributed by atoms with Crippen molar-refractivity contribution >= 4 is 0 Å². The maximum absolute atomic E-state index is 4.92. The van der Waals surface area contributed by atoms with E-state index in [9.17, 15) is 0 Å². The van der Waals surface area contributed by atoms with Crippen molar-refractivity contribution in [3.8, 4) is 0 Å². The van der Waals surface area contributed by atoms with Gasteiger partial charge >= 0.3 is 0 Å². The van der Waals surface area contributed by atoms with E-state index in [1.54, 1.807) is 6.73 Å². The monoisotopic (exact) mass is 86.1 g/mol. The van der Waals surface area contributed by atoms with Crippen LogP contribution in [0.4, 0.5) is 0 Å². The van der Waals surface area contributed by atoms with E-state index in [2.05, 4.69) is 5.32 Å². The quantitative estimate of drug-likeness (QED) is 0.452. The zero-order chi connectivity index (χ0) is 4.41. The average molecular weight is 86.1 g/mol. The number of ether oxygens (including phenoxy) is 1. The van der Waals surface area contributed by atoms with Crippen LogP contribution in [0.15, 0.2) is 0 Å². The second-order valence-corrected chi connectivity index (χ2v) is 1.47. The van der Waals surface area contributed by atoms with Gasteiger partial charge in [-0.05, 0) is 6.92 Å². The van der Waals surface area contributed by atoms with Crippen molar-refractivity contribution in [1.29, 1.82) is 0 Å². The molecular formula is C4H8NO. The second kappa shape index (κ2) is 1.58. The molecule has 35 valence electrons. The zero-order valence-corrected chi connectivity index (χ0v) is 3.77. The molecule has 1 heterocycles. The van der Waals surface area contributed by atoms with Crippen molar-refractivity contribution in [3.63, 3.8) is 0 Å². The minimum atomic E-state index is 0.380. The van der Waals surface area contributed by atoms with Gasteiger partial charge in [0.15, 0.2) is 0 Å². The van der Waals surface area contributed by atoms with Gasteiger partial charge in [-0.3, -0.25) is 5.32 Å². The van der Waals surface area contributed by atoms with Crippen LogP contribution in [0.3, 0.4) is 0 Å². The van der Waals surface area contributed by atoms with E-state index in [-0.39, 0.29) is 0 Å². The first kappa shape index (κ1) is 4.09. The molecular weight excluding hydrogens is 78.0 g/mol. The molecule has 6 heavy (non-hydrogen) atoms. The maximum Gasteiger partial charge on any atom is 0.148 e. The van der Waals surface area contributed by atoms with Gasteiger partial charge in [0.05, 0.1) is 6.10 Å². The first-order valence-electron chi connectivity index (χ1n) is 2.10. The first-order chi connectivity index (χ1) is 2.89. The second-order valence-electron chi connectivity index (χ2n) is 1.47. The molecule has 2 nitrogen and oxygen atoms in total. The molecule has 2 heteroatoms.